The first-order valence-electron chi connectivity index (χ1n) is 6.77. The maximum Gasteiger partial charge on any atom is 0.122 e. The van der Waals surface area contributed by atoms with Gasteiger partial charge >= 0.3 is 0 Å². The number of hydrogen-bond acceptors (Lipinski definition) is 2. The molecule has 2 aromatic carbocycles. The van der Waals surface area contributed by atoms with Crippen molar-refractivity contribution in [3.05, 3.63) is 65.2 Å². The Morgan fingerprint density at radius 1 is 1.00 bits per heavy atom. The average Bonchev–Trinajstić information content (AvgIpc) is 2.48. The second-order valence-corrected chi connectivity index (χ2v) is 5.11. The lowest BCUT2D eigenvalue weighted by Crippen LogP contribution is -2.26. The van der Waals surface area contributed by atoms with Crippen LogP contribution in [0.1, 0.15) is 35.1 Å². The van der Waals surface area contributed by atoms with Gasteiger partial charge in [0.05, 0.1) is 7.11 Å². The standard InChI is InChI=1S/C17H19NO/c1-19-16-9-5-4-8-14(16)15-11-10-12-6-2-3-7-13(12)17(15)18/h2-9,15,17H,10-11,18H2,1H3/t15-,17-/m1/s1. The number of aryl methyl sites for hydroxylation is 1. The summed E-state index contributed by atoms with van der Waals surface area (Å²) < 4.78 is 5.48. The minimum absolute atomic E-state index is 0.0567. The van der Waals surface area contributed by atoms with E-state index in [1.54, 1.807) is 7.11 Å². The van der Waals surface area contributed by atoms with E-state index < -0.39 is 0 Å². The lowest BCUT2D eigenvalue weighted by molar-refractivity contribution is 0.393. The molecule has 0 fully saturated rings. The van der Waals surface area contributed by atoms with Gasteiger partial charge in [-0.25, -0.2) is 0 Å². The van der Waals surface area contributed by atoms with Crippen molar-refractivity contribution in [3.8, 4) is 5.75 Å². The number of hydrogen-bond donors (Lipinski definition) is 1. The molecule has 0 saturated heterocycles. The Bertz CT molecular complexity index is 579. The first kappa shape index (κ1) is 12.2. The summed E-state index contributed by atoms with van der Waals surface area (Å²) in [5, 5.41) is 0. The van der Waals surface area contributed by atoms with E-state index in [-0.39, 0.29) is 6.04 Å². The predicted molar refractivity (Wildman–Crippen MR) is 77.4 cm³/mol. The Balaban J connectivity index is 2.00. The maximum atomic E-state index is 6.49. The zero-order valence-electron chi connectivity index (χ0n) is 11.2. The molecule has 2 heteroatoms. The van der Waals surface area contributed by atoms with Gasteiger partial charge in [-0.1, -0.05) is 42.5 Å². The van der Waals surface area contributed by atoms with Gasteiger partial charge in [0.2, 0.25) is 0 Å². The van der Waals surface area contributed by atoms with Gasteiger partial charge in [0.25, 0.3) is 0 Å². The van der Waals surface area contributed by atoms with Gasteiger partial charge in [0, 0.05) is 12.0 Å². The van der Waals surface area contributed by atoms with Crippen molar-refractivity contribution in [2.45, 2.75) is 24.8 Å². The Hall–Kier alpha value is -1.80. The molecule has 1 aliphatic rings. The molecule has 2 N–H and O–H groups in total. The molecule has 3 rings (SSSR count). The predicted octanol–water partition coefficient (Wildman–Crippen LogP) is 3.43. The summed E-state index contributed by atoms with van der Waals surface area (Å²) in [5.41, 5.74) is 10.4. The molecular formula is C17H19NO. The van der Waals surface area contributed by atoms with Crippen LogP contribution in [0, 0.1) is 0 Å². The van der Waals surface area contributed by atoms with Crippen molar-refractivity contribution in [2.75, 3.05) is 7.11 Å². The van der Waals surface area contributed by atoms with Gasteiger partial charge in [-0.3, -0.25) is 0 Å². The van der Waals surface area contributed by atoms with Crippen LogP contribution in [0.15, 0.2) is 48.5 Å². The van der Waals surface area contributed by atoms with Crippen molar-refractivity contribution in [2.24, 2.45) is 5.73 Å². The van der Waals surface area contributed by atoms with E-state index in [9.17, 15) is 0 Å². The van der Waals surface area contributed by atoms with Gasteiger partial charge < -0.3 is 10.5 Å². The van der Waals surface area contributed by atoms with Crippen molar-refractivity contribution in [3.63, 3.8) is 0 Å². The number of methoxy groups -OCH3 is 1. The van der Waals surface area contributed by atoms with Gasteiger partial charge in [-0.15, -0.1) is 0 Å². The summed E-state index contributed by atoms with van der Waals surface area (Å²) >= 11 is 0. The normalized spacial score (nSPS) is 21.8. The van der Waals surface area contributed by atoms with Crippen LogP contribution in [0.4, 0.5) is 0 Å². The molecule has 0 aliphatic heterocycles. The largest absolute Gasteiger partial charge is 0.496 e. The fourth-order valence-corrected chi connectivity index (χ4v) is 3.12. The molecular weight excluding hydrogens is 234 g/mol. The van der Waals surface area contributed by atoms with E-state index in [1.807, 2.05) is 12.1 Å². The third-order valence-corrected chi connectivity index (χ3v) is 4.11. The fraction of sp³-hybridized carbons (Fsp3) is 0.294. The highest BCUT2D eigenvalue weighted by molar-refractivity contribution is 5.42. The molecule has 98 valence electrons. The van der Waals surface area contributed by atoms with Crippen molar-refractivity contribution in [1.29, 1.82) is 0 Å². The molecule has 2 aromatic rings. The monoisotopic (exact) mass is 253 g/mol. The molecule has 2 atom stereocenters. The van der Waals surface area contributed by atoms with Crippen LogP contribution in [0.2, 0.25) is 0 Å². The molecule has 0 heterocycles. The van der Waals surface area contributed by atoms with Crippen LogP contribution in [0.5, 0.6) is 5.75 Å². The summed E-state index contributed by atoms with van der Waals surface area (Å²) in [4.78, 5) is 0. The van der Waals surface area contributed by atoms with Gasteiger partial charge in [-0.2, -0.15) is 0 Å². The second-order valence-electron chi connectivity index (χ2n) is 5.11. The SMILES string of the molecule is COc1ccccc1[C@H]1CCc2ccccc2[C@H]1N. The highest BCUT2D eigenvalue weighted by atomic mass is 16.5. The van der Waals surface area contributed by atoms with Crippen LogP contribution in [0.3, 0.4) is 0 Å². The molecule has 0 bridgehead atoms. The number of benzene rings is 2. The number of nitrogens with two attached hydrogens (primary N) is 1. The Labute approximate surface area is 114 Å². The van der Waals surface area contributed by atoms with E-state index in [4.69, 9.17) is 10.5 Å². The average molecular weight is 253 g/mol. The molecule has 0 radical (unpaired) electrons. The first-order valence-corrected chi connectivity index (χ1v) is 6.77. The first-order chi connectivity index (χ1) is 9.31. The molecule has 2 nitrogen and oxygen atoms in total. The van der Waals surface area contributed by atoms with E-state index in [0.717, 1.165) is 18.6 Å². The Kier molecular flexibility index (Phi) is 3.26. The molecule has 0 spiro atoms. The highest BCUT2D eigenvalue weighted by Crippen LogP contribution is 2.42. The number of fused-ring (bicyclic) bond motifs is 1. The van der Waals surface area contributed by atoms with Crippen molar-refractivity contribution >= 4 is 0 Å². The van der Waals surface area contributed by atoms with Crippen molar-refractivity contribution < 1.29 is 4.74 Å². The lowest BCUT2D eigenvalue weighted by atomic mass is 9.76. The zero-order valence-corrected chi connectivity index (χ0v) is 11.2. The maximum absolute atomic E-state index is 6.49. The van der Waals surface area contributed by atoms with E-state index in [1.165, 1.54) is 16.7 Å². The summed E-state index contributed by atoms with van der Waals surface area (Å²) in [6.45, 7) is 0. The smallest absolute Gasteiger partial charge is 0.122 e. The Morgan fingerprint density at radius 3 is 2.47 bits per heavy atom. The van der Waals surface area contributed by atoms with Crippen LogP contribution in [-0.4, -0.2) is 7.11 Å². The van der Waals surface area contributed by atoms with Gasteiger partial charge in [-0.05, 0) is 35.6 Å². The summed E-state index contributed by atoms with van der Waals surface area (Å²) in [6, 6.07) is 16.8. The summed E-state index contributed by atoms with van der Waals surface area (Å²) in [7, 11) is 1.72. The molecule has 1 aliphatic carbocycles. The lowest BCUT2D eigenvalue weighted by Gasteiger charge is -2.32. The molecule has 0 unspecified atom stereocenters. The summed E-state index contributed by atoms with van der Waals surface area (Å²) in [6.07, 6.45) is 2.17. The topological polar surface area (TPSA) is 35.2 Å². The van der Waals surface area contributed by atoms with Gasteiger partial charge in [0.15, 0.2) is 0 Å². The van der Waals surface area contributed by atoms with E-state index >= 15 is 0 Å². The highest BCUT2D eigenvalue weighted by Gasteiger charge is 2.29. The molecule has 0 saturated carbocycles. The molecule has 0 amide bonds. The number of rotatable bonds is 2. The summed E-state index contributed by atoms with van der Waals surface area (Å²) in [5.74, 6) is 1.29. The van der Waals surface area contributed by atoms with E-state index in [2.05, 4.69) is 36.4 Å². The second kappa shape index (κ2) is 5.06. The molecule has 19 heavy (non-hydrogen) atoms. The van der Waals surface area contributed by atoms with E-state index in [0.29, 0.717) is 5.92 Å². The van der Waals surface area contributed by atoms with Crippen LogP contribution >= 0.6 is 0 Å². The van der Waals surface area contributed by atoms with Crippen molar-refractivity contribution in [1.82, 2.24) is 0 Å². The zero-order chi connectivity index (χ0) is 13.2. The minimum Gasteiger partial charge on any atom is -0.496 e. The van der Waals surface area contributed by atoms with Crippen LogP contribution in [-0.2, 0) is 6.42 Å². The Morgan fingerprint density at radius 2 is 1.68 bits per heavy atom. The van der Waals surface area contributed by atoms with Crippen LogP contribution in [0.25, 0.3) is 0 Å². The number of ether oxygens (including phenoxy) is 1. The molecule has 0 aromatic heterocycles. The minimum atomic E-state index is 0.0567. The quantitative estimate of drug-likeness (QED) is 0.890. The third kappa shape index (κ3) is 2.13. The third-order valence-electron chi connectivity index (χ3n) is 4.11. The number of para-hydroxylation sites is 1. The van der Waals surface area contributed by atoms with Crippen LogP contribution < -0.4 is 10.5 Å². The fourth-order valence-electron chi connectivity index (χ4n) is 3.12. The van der Waals surface area contributed by atoms with Gasteiger partial charge in [0.1, 0.15) is 5.75 Å².